The molecule has 0 aliphatic heterocycles. The van der Waals surface area contributed by atoms with Gasteiger partial charge in [-0.2, -0.15) is 0 Å². The van der Waals surface area contributed by atoms with Crippen LogP contribution in [0.4, 0.5) is 0 Å². The highest BCUT2D eigenvalue weighted by Gasteiger charge is 2.38. The van der Waals surface area contributed by atoms with Crippen LogP contribution in [-0.4, -0.2) is 49.5 Å². The van der Waals surface area contributed by atoms with E-state index in [0.29, 0.717) is 10.5 Å². The lowest BCUT2D eigenvalue weighted by atomic mass is 9.87. The van der Waals surface area contributed by atoms with Crippen molar-refractivity contribution in [1.82, 2.24) is 10.0 Å². The SMILES string of the molecule is N=C(N)c1ccc(CNC(=O)C2C=CCC2C(=O)[C@@H](CO)NS(=O)(=O)CC2=C=C=CC=C2)s1. The molecular weight excluding hydrogens is 464 g/mol. The standard InChI is InChI=1S/C22H24N4O5S2/c23-21(24)19-10-9-15(32-19)11-25-22(29)17-8-4-7-16(17)20(28)18(12-27)26-33(30,31)13-14-5-2-1-3-6-14/h1-2,4-5,8-10,16-18,26-27H,7,11-13H2,(H3,23,24)(H,25,29)/t16?,17?,18-/m1/s1. The Morgan fingerprint density at radius 2 is 2.15 bits per heavy atom. The maximum Gasteiger partial charge on any atom is 0.227 e. The largest absolute Gasteiger partial charge is 0.394 e. The summed E-state index contributed by atoms with van der Waals surface area (Å²) in [5, 5.41) is 19.9. The number of Topliss-reactive ketones (excluding diaryl/α,β-unsaturated/α-hetero) is 1. The van der Waals surface area contributed by atoms with Gasteiger partial charge in [0.05, 0.1) is 29.7 Å². The molecule has 1 aromatic rings. The number of nitrogens with two attached hydrogens (primary N) is 1. The van der Waals surface area contributed by atoms with Gasteiger partial charge in [-0.15, -0.1) is 11.3 Å². The Morgan fingerprint density at radius 3 is 2.79 bits per heavy atom. The maximum absolute atomic E-state index is 13.0. The van der Waals surface area contributed by atoms with Gasteiger partial charge in [0.1, 0.15) is 11.9 Å². The summed E-state index contributed by atoms with van der Waals surface area (Å²) in [5.74, 6) is -2.97. The minimum Gasteiger partial charge on any atom is -0.394 e. The Kier molecular flexibility index (Phi) is 7.99. The molecule has 1 amide bonds. The predicted molar refractivity (Wildman–Crippen MR) is 125 cm³/mol. The molecule has 6 N–H and O–H groups in total. The summed E-state index contributed by atoms with van der Waals surface area (Å²) in [6.45, 7) is -0.515. The number of aliphatic hydroxyl groups excluding tert-OH is 1. The van der Waals surface area contributed by atoms with Crippen LogP contribution in [0.15, 0.2) is 59.5 Å². The molecule has 0 aromatic carbocycles. The highest BCUT2D eigenvalue weighted by atomic mass is 32.2. The maximum atomic E-state index is 13.0. The Hall–Kier alpha value is -3.04. The molecule has 11 heteroatoms. The highest BCUT2D eigenvalue weighted by Crippen LogP contribution is 2.28. The minimum absolute atomic E-state index is 0.0530. The van der Waals surface area contributed by atoms with Crippen molar-refractivity contribution < 1.29 is 23.1 Å². The van der Waals surface area contributed by atoms with Crippen LogP contribution in [0.3, 0.4) is 0 Å². The second kappa shape index (κ2) is 10.7. The third-order valence-electron chi connectivity index (χ3n) is 5.10. The van der Waals surface area contributed by atoms with Crippen molar-refractivity contribution in [3.63, 3.8) is 0 Å². The second-order valence-corrected chi connectivity index (χ2v) is 10.5. The van der Waals surface area contributed by atoms with Crippen molar-refractivity contribution in [2.24, 2.45) is 17.6 Å². The Balaban J connectivity index is 1.62. The minimum atomic E-state index is -3.94. The summed E-state index contributed by atoms with van der Waals surface area (Å²) >= 11 is 1.28. The Bertz CT molecular complexity index is 1220. The third-order valence-corrected chi connectivity index (χ3v) is 7.56. The van der Waals surface area contributed by atoms with Crippen LogP contribution in [0.2, 0.25) is 0 Å². The molecule has 0 bridgehead atoms. The Morgan fingerprint density at radius 1 is 1.36 bits per heavy atom. The van der Waals surface area contributed by atoms with Gasteiger partial charge in [0.2, 0.25) is 15.9 Å². The van der Waals surface area contributed by atoms with E-state index >= 15 is 0 Å². The molecule has 0 spiro atoms. The van der Waals surface area contributed by atoms with Crippen molar-refractivity contribution in [3.05, 3.63) is 69.3 Å². The van der Waals surface area contributed by atoms with Crippen LogP contribution >= 0.6 is 11.3 Å². The van der Waals surface area contributed by atoms with E-state index in [9.17, 15) is 23.1 Å². The molecule has 0 saturated heterocycles. The first-order valence-corrected chi connectivity index (χ1v) is 12.6. The molecule has 3 rings (SSSR count). The molecule has 0 radical (unpaired) electrons. The molecule has 0 fully saturated rings. The molecule has 2 aliphatic carbocycles. The Labute approximate surface area is 195 Å². The van der Waals surface area contributed by atoms with E-state index in [1.165, 1.54) is 11.3 Å². The number of nitrogen functional groups attached to an aromatic ring is 1. The number of aliphatic hydroxyl groups is 1. The summed E-state index contributed by atoms with van der Waals surface area (Å²) < 4.78 is 27.2. The van der Waals surface area contributed by atoms with Crippen molar-refractivity contribution in [1.29, 1.82) is 5.41 Å². The highest BCUT2D eigenvalue weighted by molar-refractivity contribution is 7.89. The van der Waals surface area contributed by atoms with E-state index in [2.05, 4.69) is 21.5 Å². The summed E-state index contributed by atoms with van der Waals surface area (Å²) in [4.78, 5) is 27.1. The van der Waals surface area contributed by atoms with E-state index < -0.39 is 46.0 Å². The van der Waals surface area contributed by atoms with Crippen LogP contribution in [0, 0.1) is 17.2 Å². The van der Waals surface area contributed by atoms with Crippen molar-refractivity contribution in [3.8, 4) is 0 Å². The lowest BCUT2D eigenvalue weighted by Gasteiger charge is -2.23. The number of carbonyl (C=O) groups is 2. The average Bonchev–Trinajstić information content (AvgIpc) is 3.45. The van der Waals surface area contributed by atoms with Crippen molar-refractivity contribution >= 4 is 38.9 Å². The molecular formula is C22H24N4O5S2. The van der Waals surface area contributed by atoms with Gasteiger partial charge in [0.25, 0.3) is 0 Å². The number of thiophene rings is 1. The number of hydrogen-bond donors (Lipinski definition) is 5. The number of carbonyl (C=O) groups excluding carboxylic acids is 2. The van der Waals surface area contributed by atoms with E-state index in [4.69, 9.17) is 11.1 Å². The van der Waals surface area contributed by atoms with Crippen LogP contribution < -0.4 is 15.8 Å². The molecule has 174 valence electrons. The summed E-state index contributed by atoms with van der Waals surface area (Å²) in [7, 11) is -3.94. The summed E-state index contributed by atoms with van der Waals surface area (Å²) in [5.41, 5.74) is 11.2. The van der Waals surface area contributed by atoms with Gasteiger partial charge in [0.15, 0.2) is 5.78 Å². The zero-order chi connectivity index (χ0) is 24.0. The number of hydrogen-bond acceptors (Lipinski definition) is 7. The molecule has 33 heavy (non-hydrogen) atoms. The van der Waals surface area contributed by atoms with Gasteiger partial charge in [-0.25, -0.2) is 13.1 Å². The van der Waals surface area contributed by atoms with Gasteiger partial charge in [0, 0.05) is 16.4 Å². The summed E-state index contributed by atoms with van der Waals surface area (Å²) in [6.07, 6.45) is 8.36. The zero-order valence-electron chi connectivity index (χ0n) is 17.6. The quantitative estimate of drug-likeness (QED) is 0.132. The van der Waals surface area contributed by atoms with E-state index in [-0.39, 0.29) is 24.7 Å². The lowest BCUT2D eigenvalue weighted by molar-refractivity contribution is -0.132. The summed E-state index contributed by atoms with van der Waals surface area (Å²) in [6, 6.07) is 2.09. The van der Waals surface area contributed by atoms with Crippen molar-refractivity contribution in [2.75, 3.05) is 12.4 Å². The fourth-order valence-corrected chi connectivity index (χ4v) is 5.60. The number of nitrogens with one attached hydrogen (secondary N) is 3. The third kappa shape index (κ3) is 6.49. The smallest absolute Gasteiger partial charge is 0.227 e. The molecule has 1 aromatic heterocycles. The predicted octanol–water partition coefficient (Wildman–Crippen LogP) is 0.496. The van der Waals surface area contributed by atoms with Gasteiger partial charge in [-0.05, 0) is 30.7 Å². The number of rotatable bonds is 11. The first-order valence-electron chi connectivity index (χ1n) is 10.1. The van der Waals surface area contributed by atoms with Crippen LogP contribution in [0.5, 0.6) is 0 Å². The fourth-order valence-electron chi connectivity index (χ4n) is 3.50. The first kappa shape index (κ1) is 24.6. The monoisotopic (exact) mass is 488 g/mol. The topological polar surface area (TPSA) is 162 Å². The molecule has 9 nitrogen and oxygen atoms in total. The van der Waals surface area contributed by atoms with E-state index in [0.717, 1.165) is 4.88 Å². The molecule has 3 atom stereocenters. The first-order chi connectivity index (χ1) is 15.7. The lowest BCUT2D eigenvalue weighted by Crippen LogP contribution is -2.48. The van der Waals surface area contributed by atoms with E-state index in [1.54, 1.807) is 42.5 Å². The number of allylic oxidation sites excluding steroid dienone is 4. The molecule has 2 unspecified atom stereocenters. The van der Waals surface area contributed by atoms with Gasteiger partial charge >= 0.3 is 0 Å². The van der Waals surface area contributed by atoms with Crippen LogP contribution in [0.1, 0.15) is 16.2 Å². The van der Waals surface area contributed by atoms with Crippen LogP contribution in [0.25, 0.3) is 0 Å². The van der Waals surface area contributed by atoms with E-state index in [1.807, 2.05) is 0 Å². The fraction of sp³-hybridized carbons (Fsp3) is 0.318. The normalized spacial score (nSPS) is 20.0. The zero-order valence-corrected chi connectivity index (χ0v) is 19.2. The second-order valence-electron chi connectivity index (χ2n) is 7.53. The number of sulfonamides is 1. The number of amidine groups is 1. The van der Waals surface area contributed by atoms with Gasteiger partial charge in [-0.3, -0.25) is 15.0 Å². The van der Waals surface area contributed by atoms with Gasteiger partial charge < -0.3 is 16.2 Å². The average molecular weight is 489 g/mol. The molecule has 0 saturated carbocycles. The van der Waals surface area contributed by atoms with Crippen molar-refractivity contribution in [2.45, 2.75) is 19.0 Å². The molecule has 1 heterocycles. The number of amides is 1. The number of ketones is 1. The van der Waals surface area contributed by atoms with Gasteiger partial charge in [-0.1, -0.05) is 29.7 Å². The van der Waals surface area contributed by atoms with Crippen LogP contribution in [-0.2, 0) is 26.2 Å². The molecule has 2 aliphatic rings.